The van der Waals surface area contributed by atoms with Gasteiger partial charge in [0.15, 0.2) is 0 Å². The number of hydrogen-bond acceptors (Lipinski definition) is 3. The van der Waals surface area contributed by atoms with E-state index in [1.165, 1.54) is 0 Å². The van der Waals surface area contributed by atoms with Crippen molar-refractivity contribution in [3.8, 4) is 0 Å². The van der Waals surface area contributed by atoms with Gasteiger partial charge in [0.1, 0.15) is 6.04 Å². The molecule has 0 saturated carbocycles. The standard InChI is InChI=1S/C15H22N2O2/c1-19-11-12-6-5-9-17(10-12)15(18)14(16)13-7-3-2-4-8-13/h2-4,7-8,12,14H,5-6,9-11,16H2,1H3/t12-,14+/m1/s1. The minimum Gasteiger partial charge on any atom is -0.384 e. The highest BCUT2D eigenvalue weighted by molar-refractivity contribution is 5.83. The topological polar surface area (TPSA) is 55.6 Å². The molecule has 2 N–H and O–H groups in total. The number of nitrogens with zero attached hydrogens (tertiary/aromatic N) is 1. The lowest BCUT2D eigenvalue weighted by atomic mass is 9.97. The van der Waals surface area contributed by atoms with Crippen LogP contribution in [0, 0.1) is 5.92 Å². The summed E-state index contributed by atoms with van der Waals surface area (Å²) in [5.41, 5.74) is 6.94. The van der Waals surface area contributed by atoms with Crippen molar-refractivity contribution in [2.75, 3.05) is 26.8 Å². The third-order valence-electron chi connectivity index (χ3n) is 3.66. The van der Waals surface area contributed by atoms with Gasteiger partial charge in [0.2, 0.25) is 5.91 Å². The number of amides is 1. The molecule has 4 heteroatoms. The van der Waals surface area contributed by atoms with Crippen LogP contribution in [0.25, 0.3) is 0 Å². The van der Waals surface area contributed by atoms with E-state index in [1.54, 1.807) is 7.11 Å². The molecule has 1 aliphatic heterocycles. The Morgan fingerprint density at radius 3 is 2.89 bits per heavy atom. The van der Waals surface area contributed by atoms with Crippen molar-refractivity contribution in [1.82, 2.24) is 4.90 Å². The van der Waals surface area contributed by atoms with Crippen molar-refractivity contribution in [2.45, 2.75) is 18.9 Å². The fraction of sp³-hybridized carbons (Fsp3) is 0.533. The molecular weight excluding hydrogens is 240 g/mol. The van der Waals surface area contributed by atoms with Crippen LogP contribution < -0.4 is 5.73 Å². The number of benzene rings is 1. The average molecular weight is 262 g/mol. The van der Waals surface area contributed by atoms with E-state index in [0.717, 1.165) is 31.5 Å². The number of carbonyl (C=O) groups is 1. The predicted molar refractivity (Wildman–Crippen MR) is 74.6 cm³/mol. The Labute approximate surface area is 114 Å². The number of methoxy groups -OCH3 is 1. The molecule has 2 rings (SSSR count). The van der Waals surface area contributed by atoms with E-state index in [4.69, 9.17) is 10.5 Å². The first-order valence-electron chi connectivity index (χ1n) is 6.80. The van der Waals surface area contributed by atoms with Crippen molar-refractivity contribution < 1.29 is 9.53 Å². The highest BCUT2D eigenvalue weighted by Crippen LogP contribution is 2.20. The summed E-state index contributed by atoms with van der Waals surface area (Å²) < 4.78 is 5.19. The molecule has 0 bridgehead atoms. The highest BCUT2D eigenvalue weighted by atomic mass is 16.5. The van der Waals surface area contributed by atoms with E-state index in [1.807, 2.05) is 35.2 Å². The van der Waals surface area contributed by atoms with E-state index < -0.39 is 6.04 Å². The Bertz CT molecular complexity index is 406. The number of likely N-dealkylation sites (tertiary alicyclic amines) is 1. The summed E-state index contributed by atoms with van der Waals surface area (Å²) in [4.78, 5) is 14.3. The van der Waals surface area contributed by atoms with Gasteiger partial charge in [0.05, 0.1) is 6.61 Å². The number of hydrogen-bond donors (Lipinski definition) is 1. The van der Waals surface area contributed by atoms with Gasteiger partial charge in [-0.15, -0.1) is 0 Å². The summed E-state index contributed by atoms with van der Waals surface area (Å²) in [6, 6.07) is 9.00. The van der Waals surface area contributed by atoms with Crippen molar-refractivity contribution >= 4 is 5.91 Å². The van der Waals surface area contributed by atoms with Crippen LogP contribution in [0.4, 0.5) is 0 Å². The number of ether oxygens (including phenoxy) is 1. The summed E-state index contributed by atoms with van der Waals surface area (Å²) in [6.07, 6.45) is 2.15. The molecule has 0 aliphatic carbocycles. The predicted octanol–water partition coefficient (Wildman–Crippen LogP) is 1.57. The molecule has 1 aromatic rings. The Hall–Kier alpha value is -1.39. The number of carbonyl (C=O) groups excluding carboxylic acids is 1. The summed E-state index contributed by atoms with van der Waals surface area (Å²) in [7, 11) is 1.70. The Kier molecular flexibility index (Phi) is 4.93. The molecule has 1 aromatic carbocycles. The maximum Gasteiger partial charge on any atom is 0.244 e. The summed E-state index contributed by atoms with van der Waals surface area (Å²) in [6.45, 7) is 2.27. The van der Waals surface area contributed by atoms with Crippen molar-refractivity contribution in [3.63, 3.8) is 0 Å². The monoisotopic (exact) mass is 262 g/mol. The minimum atomic E-state index is -0.553. The smallest absolute Gasteiger partial charge is 0.244 e. The van der Waals surface area contributed by atoms with Gasteiger partial charge >= 0.3 is 0 Å². The molecule has 0 radical (unpaired) electrons. The van der Waals surface area contributed by atoms with Crippen LogP contribution in [-0.2, 0) is 9.53 Å². The van der Waals surface area contributed by atoms with Gasteiger partial charge in [-0.1, -0.05) is 30.3 Å². The molecule has 0 aromatic heterocycles. The van der Waals surface area contributed by atoms with Crippen LogP contribution in [0.15, 0.2) is 30.3 Å². The molecule has 1 amide bonds. The van der Waals surface area contributed by atoms with Crippen LogP contribution in [0.5, 0.6) is 0 Å². The van der Waals surface area contributed by atoms with E-state index in [9.17, 15) is 4.79 Å². The largest absolute Gasteiger partial charge is 0.384 e. The molecule has 19 heavy (non-hydrogen) atoms. The van der Waals surface area contributed by atoms with Gasteiger partial charge in [0, 0.05) is 20.2 Å². The number of piperidine rings is 1. The third-order valence-corrected chi connectivity index (χ3v) is 3.66. The third kappa shape index (κ3) is 3.55. The number of nitrogens with two attached hydrogens (primary N) is 1. The molecule has 2 atom stereocenters. The molecule has 4 nitrogen and oxygen atoms in total. The molecule has 104 valence electrons. The summed E-state index contributed by atoms with van der Waals surface area (Å²) in [5.74, 6) is 0.456. The van der Waals surface area contributed by atoms with Gasteiger partial charge in [0.25, 0.3) is 0 Å². The average Bonchev–Trinajstić information content (AvgIpc) is 2.47. The van der Waals surface area contributed by atoms with Crippen LogP contribution >= 0.6 is 0 Å². The lowest BCUT2D eigenvalue weighted by molar-refractivity contribution is -0.135. The van der Waals surface area contributed by atoms with Crippen LogP contribution in [-0.4, -0.2) is 37.6 Å². The van der Waals surface area contributed by atoms with E-state index >= 15 is 0 Å². The lowest BCUT2D eigenvalue weighted by Gasteiger charge is -2.34. The highest BCUT2D eigenvalue weighted by Gasteiger charge is 2.27. The molecule has 1 aliphatic rings. The number of rotatable bonds is 4. The molecule has 1 heterocycles. The second-order valence-electron chi connectivity index (χ2n) is 5.14. The second kappa shape index (κ2) is 6.68. The van der Waals surface area contributed by atoms with Crippen LogP contribution in [0.3, 0.4) is 0 Å². The fourth-order valence-electron chi connectivity index (χ4n) is 2.64. The normalized spacial score (nSPS) is 21.2. The van der Waals surface area contributed by atoms with Gasteiger partial charge in [-0.25, -0.2) is 0 Å². The van der Waals surface area contributed by atoms with Crippen LogP contribution in [0.2, 0.25) is 0 Å². The Balaban J connectivity index is 1.99. The van der Waals surface area contributed by atoms with Gasteiger partial charge in [-0.2, -0.15) is 0 Å². The maximum absolute atomic E-state index is 12.4. The lowest BCUT2D eigenvalue weighted by Crippen LogP contribution is -2.45. The zero-order chi connectivity index (χ0) is 13.7. The molecular formula is C15H22N2O2. The van der Waals surface area contributed by atoms with Gasteiger partial charge in [-0.05, 0) is 24.3 Å². The summed E-state index contributed by atoms with van der Waals surface area (Å²) in [5, 5.41) is 0. The van der Waals surface area contributed by atoms with E-state index in [0.29, 0.717) is 12.5 Å². The molecule has 0 spiro atoms. The fourth-order valence-corrected chi connectivity index (χ4v) is 2.64. The first-order chi connectivity index (χ1) is 9.22. The Morgan fingerprint density at radius 2 is 2.21 bits per heavy atom. The quantitative estimate of drug-likeness (QED) is 0.896. The first-order valence-corrected chi connectivity index (χ1v) is 6.80. The van der Waals surface area contributed by atoms with Gasteiger partial charge < -0.3 is 15.4 Å². The SMILES string of the molecule is COC[C@@H]1CCCN(C(=O)[C@@H](N)c2ccccc2)C1. The molecule has 1 saturated heterocycles. The van der Waals surface area contributed by atoms with Gasteiger partial charge in [-0.3, -0.25) is 4.79 Å². The zero-order valence-electron chi connectivity index (χ0n) is 11.4. The zero-order valence-corrected chi connectivity index (χ0v) is 11.4. The van der Waals surface area contributed by atoms with Crippen molar-refractivity contribution in [3.05, 3.63) is 35.9 Å². The molecule has 1 fully saturated rings. The minimum absolute atomic E-state index is 0.0204. The summed E-state index contributed by atoms with van der Waals surface area (Å²) >= 11 is 0. The van der Waals surface area contributed by atoms with Crippen molar-refractivity contribution in [1.29, 1.82) is 0 Å². The second-order valence-corrected chi connectivity index (χ2v) is 5.14. The van der Waals surface area contributed by atoms with Crippen LogP contribution in [0.1, 0.15) is 24.4 Å². The maximum atomic E-state index is 12.4. The van der Waals surface area contributed by atoms with E-state index in [-0.39, 0.29) is 5.91 Å². The van der Waals surface area contributed by atoms with Crippen molar-refractivity contribution in [2.24, 2.45) is 11.7 Å². The first kappa shape index (κ1) is 14.0. The van der Waals surface area contributed by atoms with E-state index in [2.05, 4.69) is 0 Å². The Morgan fingerprint density at radius 1 is 1.47 bits per heavy atom. The molecule has 0 unspecified atom stereocenters.